The van der Waals surface area contributed by atoms with Gasteiger partial charge in [-0.15, -0.1) is 0 Å². The van der Waals surface area contributed by atoms with Crippen LogP contribution in [-0.4, -0.2) is 45.8 Å². The van der Waals surface area contributed by atoms with E-state index in [2.05, 4.69) is 22.6 Å². The minimum Gasteiger partial charge on any atom is -0.444 e. The molecule has 0 aromatic heterocycles. The molecule has 0 unspecified atom stereocenters. The van der Waals surface area contributed by atoms with Crippen molar-refractivity contribution >= 4 is 28.7 Å². The van der Waals surface area contributed by atoms with Gasteiger partial charge in [0.05, 0.1) is 19.2 Å². The average Bonchev–Trinajstić information content (AvgIpc) is 2.56. The first kappa shape index (κ1) is 13.4. The second kappa shape index (κ2) is 4.57. The molecule has 98 valence electrons. The Morgan fingerprint density at radius 2 is 2.18 bits per heavy atom. The molecular weight excluding hydrogens is 333 g/mol. The summed E-state index contributed by atoms with van der Waals surface area (Å²) in [6.45, 7) is 7.04. The predicted molar refractivity (Wildman–Crippen MR) is 73.5 cm³/mol. The van der Waals surface area contributed by atoms with Crippen molar-refractivity contribution in [3.05, 3.63) is 0 Å². The standard InChI is InChI=1S/C12H20INO3/c1-11(2,3)17-10(15)14-7-12(8-14)5-4-9(6-13)16-12/h9H,4-8H2,1-3H3/t9-/m1/s1. The van der Waals surface area contributed by atoms with Gasteiger partial charge in [0.1, 0.15) is 11.2 Å². The zero-order valence-corrected chi connectivity index (χ0v) is 12.8. The lowest BCUT2D eigenvalue weighted by Crippen LogP contribution is -2.64. The van der Waals surface area contributed by atoms with E-state index < -0.39 is 5.60 Å². The van der Waals surface area contributed by atoms with Gasteiger partial charge in [-0.2, -0.15) is 0 Å². The molecule has 0 saturated carbocycles. The first-order valence-corrected chi connectivity index (χ1v) is 7.58. The molecule has 4 nitrogen and oxygen atoms in total. The summed E-state index contributed by atoms with van der Waals surface area (Å²) < 4.78 is 12.3. The van der Waals surface area contributed by atoms with Crippen LogP contribution in [-0.2, 0) is 9.47 Å². The fourth-order valence-electron chi connectivity index (χ4n) is 2.34. The monoisotopic (exact) mass is 353 g/mol. The maximum absolute atomic E-state index is 11.8. The van der Waals surface area contributed by atoms with Crippen molar-refractivity contribution < 1.29 is 14.3 Å². The summed E-state index contributed by atoms with van der Waals surface area (Å²) in [5.41, 5.74) is -0.478. The van der Waals surface area contributed by atoms with Crippen LogP contribution in [0.1, 0.15) is 33.6 Å². The summed E-state index contributed by atoms with van der Waals surface area (Å²) in [5, 5.41) is 0. The zero-order valence-electron chi connectivity index (χ0n) is 10.7. The van der Waals surface area contributed by atoms with Crippen molar-refractivity contribution in [1.29, 1.82) is 0 Å². The van der Waals surface area contributed by atoms with Crippen molar-refractivity contribution in [2.45, 2.75) is 50.9 Å². The SMILES string of the molecule is CC(C)(C)OC(=O)N1CC2(CC[C@H](CI)O2)C1. The lowest BCUT2D eigenvalue weighted by atomic mass is 9.91. The number of halogens is 1. The Bertz CT molecular complexity index is 307. The molecule has 0 bridgehead atoms. The van der Waals surface area contributed by atoms with E-state index in [1.807, 2.05) is 20.8 Å². The molecule has 1 amide bonds. The largest absolute Gasteiger partial charge is 0.444 e. The van der Waals surface area contributed by atoms with E-state index in [1.165, 1.54) is 0 Å². The average molecular weight is 353 g/mol. The third-order valence-corrected chi connectivity index (χ3v) is 4.10. The molecule has 2 aliphatic heterocycles. The molecule has 17 heavy (non-hydrogen) atoms. The van der Waals surface area contributed by atoms with Gasteiger partial charge in [0, 0.05) is 4.43 Å². The number of amides is 1. The van der Waals surface area contributed by atoms with E-state index in [-0.39, 0.29) is 11.7 Å². The maximum Gasteiger partial charge on any atom is 0.410 e. The third kappa shape index (κ3) is 3.05. The van der Waals surface area contributed by atoms with Crippen LogP contribution in [0.5, 0.6) is 0 Å². The smallest absolute Gasteiger partial charge is 0.410 e. The van der Waals surface area contributed by atoms with E-state index in [4.69, 9.17) is 9.47 Å². The Kier molecular flexibility index (Phi) is 3.60. The van der Waals surface area contributed by atoms with Crippen molar-refractivity contribution in [1.82, 2.24) is 4.90 Å². The van der Waals surface area contributed by atoms with Gasteiger partial charge in [0.15, 0.2) is 0 Å². The Morgan fingerprint density at radius 1 is 1.53 bits per heavy atom. The molecule has 0 aliphatic carbocycles. The van der Waals surface area contributed by atoms with Crippen LogP contribution in [0, 0.1) is 0 Å². The molecule has 1 atom stereocenters. The highest BCUT2D eigenvalue weighted by Gasteiger charge is 2.51. The van der Waals surface area contributed by atoms with E-state index in [0.717, 1.165) is 17.3 Å². The minimum atomic E-state index is -0.416. The van der Waals surface area contributed by atoms with Crippen LogP contribution >= 0.6 is 22.6 Å². The first-order chi connectivity index (χ1) is 7.84. The fraction of sp³-hybridized carbons (Fsp3) is 0.917. The van der Waals surface area contributed by atoms with E-state index >= 15 is 0 Å². The maximum atomic E-state index is 11.8. The second-order valence-electron chi connectivity index (χ2n) is 5.95. The molecule has 2 rings (SSSR count). The summed E-state index contributed by atoms with van der Waals surface area (Å²) in [4.78, 5) is 13.5. The normalized spacial score (nSPS) is 27.1. The van der Waals surface area contributed by atoms with Crippen molar-refractivity contribution in [2.24, 2.45) is 0 Å². The lowest BCUT2D eigenvalue weighted by Gasteiger charge is -2.47. The fourth-order valence-corrected chi connectivity index (χ4v) is 2.96. The number of hydrogen-bond donors (Lipinski definition) is 0. The molecule has 2 heterocycles. The molecule has 1 spiro atoms. The Labute approximate surface area is 116 Å². The Hall–Kier alpha value is -0.0400. The van der Waals surface area contributed by atoms with Crippen LogP contribution in [0.3, 0.4) is 0 Å². The summed E-state index contributed by atoms with van der Waals surface area (Å²) >= 11 is 2.35. The van der Waals surface area contributed by atoms with Crippen LogP contribution in [0.25, 0.3) is 0 Å². The summed E-state index contributed by atoms with van der Waals surface area (Å²) in [6.07, 6.45) is 2.34. The number of ether oxygens (including phenoxy) is 2. The molecule has 2 aliphatic rings. The van der Waals surface area contributed by atoms with E-state index in [0.29, 0.717) is 19.2 Å². The van der Waals surface area contributed by atoms with E-state index in [1.54, 1.807) is 4.90 Å². The topological polar surface area (TPSA) is 38.8 Å². The third-order valence-electron chi connectivity index (χ3n) is 3.12. The number of nitrogens with zero attached hydrogens (tertiary/aromatic N) is 1. The Morgan fingerprint density at radius 3 is 2.65 bits per heavy atom. The predicted octanol–water partition coefficient (Wildman–Crippen LogP) is 2.59. The zero-order chi connectivity index (χ0) is 12.7. The van der Waals surface area contributed by atoms with E-state index in [9.17, 15) is 4.79 Å². The van der Waals surface area contributed by atoms with Gasteiger partial charge >= 0.3 is 6.09 Å². The van der Waals surface area contributed by atoms with Gasteiger partial charge < -0.3 is 14.4 Å². The number of alkyl halides is 1. The molecular formula is C12H20INO3. The molecule has 2 saturated heterocycles. The summed E-state index contributed by atoms with van der Waals surface area (Å²) in [7, 11) is 0. The minimum absolute atomic E-state index is 0.0628. The number of carbonyl (C=O) groups is 1. The number of rotatable bonds is 1. The van der Waals surface area contributed by atoms with Crippen molar-refractivity contribution in [3.8, 4) is 0 Å². The van der Waals surface area contributed by atoms with Gasteiger partial charge in [-0.3, -0.25) is 0 Å². The van der Waals surface area contributed by atoms with Gasteiger partial charge in [-0.1, -0.05) is 22.6 Å². The molecule has 0 N–H and O–H groups in total. The van der Waals surface area contributed by atoms with Crippen LogP contribution < -0.4 is 0 Å². The van der Waals surface area contributed by atoms with Gasteiger partial charge in [-0.05, 0) is 33.6 Å². The lowest BCUT2D eigenvalue weighted by molar-refractivity contribution is -0.126. The van der Waals surface area contributed by atoms with Crippen molar-refractivity contribution in [2.75, 3.05) is 17.5 Å². The van der Waals surface area contributed by atoms with Crippen LogP contribution in [0.2, 0.25) is 0 Å². The highest BCUT2D eigenvalue weighted by molar-refractivity contribution is 14.1. The summed E-state index contributed by atoms with van der Waals surface area (Å²) in [5.74, 6) is 0. The number of carbonyl (C=O) groups excluding carboxylic acids is 1. The van der Waals surface area contributed by atoms with Gasteiger partial charge in [0.2, 0.25) is 0 Å². The Balaban J connectivity index is 1.81. The number of likely N-dealkylation sites (tertiary alicyclic amines) is 1. The highest BCUT2D eigenvalue weighted by Crippen LogP contribution is 2.39. The van der Waals surface area contributed by atoms with Crippen LogP contribution in [0.4, 0.5) is 4.79 Å². The molecule has 2 fully saturated rings. The molecule has 0 aromatic carbocycles. The molecule has 0 radical (unpaired) electrons. The first-order valence-electron chi connectivity index (χ1n) is 6.05. The molecule has 5 heteroatoms. The highest BCUT2D eigenvalue weighted by atomic mass is 127. The van der Waals surface area contributed by atoms with Gasteiger partial charge in [-0.25, -0.2) is 4.79 Å². The van der Waals surface area contributed by atoms with Gasteiger partial charge in [0.25, 0.3) is 0 Å². The molecule has 0 aromatic rings. The number of hydrogen-bond acceptors (Lipinski definition) is 3. The second-order valence-corrected chi connectivity index (χ2v) is 6.83. The quantitative estimate of drug-likeness (QED) is 0.537. The van der Waals surface area contributed by atoms with Crippen molar-refractivity contribution in [3.63, 3.8) is 0 Å². The summed E-state index contributed by atoms with van der Waals surface area (Å²) in [6, 6.07) is 0. The van der Waals surface area contributed by atoms with Crippen LogP contribution in [0.15, 0.2) is 0 Å².